The summed E-state index contributed by atoms with van der Waals surface area (Å²) >= 11 is 0. The molecule has 0 aliphatic heterocycles. The van der Waals surface area contributed by atoms with Crippen LogP contribution in [0.3, 0.4) is 0 Å². The van der Waals surface area contributed by atoms with E-state index in [9.17, 15) is 4.79 Å². The third kappa shape index (κ3) is 5.08. The maximum absolute atomic E-state index is 12.1. The molecular weight excluding hydrogens is 366 g/mol. The molecule has 0 spiro atoms. The molecule has 152 valence electrons. The van der Waals surface area contributed by atoms with Crippen LogP contribution in [-0.4, -0.2) is 22.1 Å². The summed E-state index contributed by atoms with van der Waals surface area (Å²) in [6, 6.07) is 13.5. The third-order valence-electron chi connectivity index (χ3n) is 5.58. The van der Waals surface area contributed by atoms with Gasteiger partial charge in [-0.25, -0.2) is 9.78 Å². The van der Waals surface area contributed by atoms with Gasteiger partial charge in [-0.05, 0) is 60.9 Å². The number of carbonyl (C=O) groups excluding carboxylic acids is 1. The van der Waals surface area contributed by atoms with Crippen molar-refractivity contribution in [3.63, 3.8) is 0 Å². The van der Waals surface area contributed by atoms with Crippen molar-refractivity contribution < 1.29 is 14.3 Å². The molecule has 29 heavy (non-hydrogen) atoms. The van der Waals surface area contributed by atoms with E-state index < -0.39 is 0 Å². The van der Waals surface area contributed by atoms with E-state index >= 15 is 0 Å². The Morgan fingerprint density at radius 1 is 1.14 bits per heavy atom. The summed E-state index contributed by atoms with van der Waals surface area (Å²) in [5, 5.41) is 2.99. The first-order chi connectivity index (χ1) is 14.0. The Hall–Kier alpha value is -3.02. The summed E-state index contributed by atoms with van der Waals surface area (Å²) in [5.74, 6) is 1.46. The van der Waals surface area contributed by atoms with Crippen LogP contribution in [0.15, 0.2) is 48.8 Å². The number of nitrogens with one attached hydrogen (secondary N) is 2. The van der Waals surface area contributed by atoms with E-state index in [1.165, 1.54) is 0 Å². The zero-order valence-corrected chi connectivity index (χ0v) is 16.9. The van der Waals surface area contributed by atoms with Gasteiger partial charge in [-0.1, -0.05) is 26.0 Å². The van der Waals surface area contributed by atoms with Crippen molar-refractivity contribution in [1.82, 2.24) is 15.3 Å². The summed E-state index contributed by atoms with van der Waals surface area (Å²) in [6.07, 6.45) is 5.60. The van der Waals surface area contributed by atoms with Crippen molar-refractivity contribution >= 4 is 17.1 Å². The predicted octanol–water partition coefficient (Wildman–Crippen LogP) is 5.55. The van der Waals surface area contributed by atoms with Crippen LogP contribution in [0.4, 0.5) is 4.79 Å². The summed E-state index contributed by atoms with van der Waals surface area (Å²) in [4.78, 5) is 19.3. The molecule has 0 radical (unpaired) electrons. The third-order valence-corrected chi connectivity index (χ3v) is 5.58. The Balaban J connectivity index is 1.25. The minimum absolute atomic E-state index is 0.221. The highest BCUT2D eigenvalue weighted by Crippen LogP contribution is 2.35. The van der Waals surface area contributed by atoms with Gasteiger partial charge in [-0.15, -0.1) is 0 Å². The molecule has 2 N–H and O–H groups in total. The van der Waals surface area contributed by atoms with Gasteiger partial charge < -0.3 is 19.8 Å². The van der Waals surface area contributed by atoms with E-state index in [0.717, 1.165) is 53.8 Å². The standard InChI is InChI=1S/C23H27N3O3/c1-23(2)11-9-17(10-12-23)26-22(27)28-14-16-3-5-18(6-4-16)29-19-7-8-20-21(13-19)25-15-24-20/h3-8,13,15,17H,9-12,14H2,1-2H3,(H,24,25)(H,26,27). The van der Waals surface area contributed by atoms with Crippen LogP contribution in [0.1, 0.15) is 45.1 Å². The lowest BCUT2D eigenvalue weighted by Gasteiger charge is -2.34. The molecule has 0 atom stereocenters. The number of nitrogens with zero attached hydrogens (tertiary/aromatic N) is 1. The number of rotatable bonds is 5. The SMILES string of the molecule is CC1(C)CCC(NC(=O)OCc2ccc(Oc3ccc4nc[nH]c4c3)cc2)CC1. The van der Waals surface area contributed by atoms with Crippen LogP contribution in [0.5, 0.6) is 11.5 Å². The molecule has 1 aliphatic rings. The van der Waals surface area contributed by atoms with Crippen molar-refractivity contribution in [1.29, 1.82) is 0 Å². The number of ether oxygens (including phenoxy) is 2. The zero-order chi connectivity index (χ0) is 20.3. The minimum Gasteiger partial charge on any atom is -0.457 e. The van der Waals surface area contributed by atoms with Gasteiger partial charge in [0.05, 0.1) is 17.4 Å². The first kappa shape index (κ1) is 19.3. The lowest BCUT2D eigenvalue weighted by molar-refractivity contribution is 0.126. The number of alkyl carbamates (subject to hydrolysis) is 1. The molecule has 3 aromatic rings. The lowest BCUT2D eigenvalue weighted by atomic mass is 9.76. The Morgan fingerprint density at radius 3 is 2.62 bits per heavy atom. The number of carbonyl (C=O) groups is 1. The summed E-state index contributed by atoms with van der Waals surface area (Å²) in [6.45, 7) is 4.81. The number of benzene rings is 2. The molecule has 1 saturated carbocycles. The van der Waals surface area contributed by atoms with Crippen LogP contribution in [0.25, 0.3) is 11.0 Å². The quantitative estimate of drug-likeness (QED) is 0.596. The van der Waals surface area contributed by atoms with Crippen molar-refractivity contribution in [2.24, 2.45) is 5.41 Å². The molecule has 1 aromatic heterocycles. The number of hydrogen-bond donors (Lipinski definition) is 2. The number of amides is 1. The molecule has 4 rings (SSSR count). The van der Waals surface area contributed by atoms with E-state index in [2.05, 4.69) is 29.1 Å². The molecule has 0 unspecified atom stereocenters. The maximum Gasteiger partial charge on any atom is 0.407 e. The fraction of sp³-hybridized carbons (Fsp3) is 0.391. The normalized spacial score (nSPS) is 16.5. The summed E-state index contributed by atoms with van der Waals surface area (Å²) < 4.78 is 11.3. The van der Waals surface area contributed by atoms with Crippen LogP contribution in [0, 0.1) is 5.41 Å². The molecule has 6 heteroatoms. The van der Waals surface area contributed by atoms with Crippen molar-refractivity contribution in [3.8, 4) is 11.5 Å². The van der Waals surface area contributed by atoms with Crippen molar-refractivity contribution in [2.75, 3.05) is 0 Å². The second kappa shape index (κ2) is 8.15. The fourth-order valence-corrected chi connectivity index (χ4v) is 3.67. The average molecular weight is 393 g/mol. The molecule has 1 amide bonds. The van der Waals surface area contributed by atoms with E-state index in [0.29, 0.717) is 5.41 Å². The van der Waals surface area contributed by atoms with Crippen LogP contribution in [0.2, 0.25) is 0 Å². The summed E-state index contributed by atoms with van der Waals surface area (Å²) in [7, 11) is 0. The molecule has 1 heterocycles. The number of hydrogen-bond acceptors (Lipinski definition) is 4. The zero-order valence-electron chi connectivity index (χ0n) is 16.9. The monoisotopic (exact) mass is 393 g/mol. The van der Waals surface area contributed by atoms with E-state index in [1.807, 2.05) is 42.5 Å². The van der Waals surface area contributed by atoms with Gasteiger partial charge in [0.2, 0.25) is 0 Å². The second-order valence-corrected chi connectivity index (χ2v) is 8.49. The van der Waals surface area contributed by atoms with Gasteiger partial charge in [-0.3, -0.25) is 0 Å². The highest BCUT2D eigenvalue weighted by Gasteiger charge is 2.27. The van der Waals surface area contributed by atoms with Crippen LogP contribution in [-0.2, 0) is 11.3 Å². The number of imidazole rings is 1. The van der Waals surface area contributed by atoms with E-state index in [1.54, 1.807) is 6.33 Å². The average Bonchev–Trinajstić information content (AvgIpc) is 3.17. The highest BCUT2D eigenvalue weighted by molar-refractivity contribution is 5.76. The Bertz CT molecular complexity index is 968. The first-order valence-corrected chi connectivity index (χ1v) is 10.1. The van der Waals surface area contributed by atoms with E-state index in [4.69, 9.17) is 9.47 Å². The van der Waals surface area contributed by atoms with Gasteiger partial charge in [0.25, 0.3) is 0 Å². The topological polar surface area (TPSA) is 76.2 Å². The van der Waals surface area contributed by atoms with Crippen molar-refractivity contribution in [3.05, 3.63) is 54.4 Å². The van der Waals surface area contributed by atoms with Gasteiger partial charge in [0.1, 0.15) is 18.1 Å². The molecule has 2 aromatic carbocycles. The van der Waals surface area contributed by atoms with Crippen molar-refractivity contribution in [2.45, 2.75) is 52.2 Å². The maximum atomic E-state index is 12.1. The van der Waals surface area contributed by atoms with Crippen LogP contribution < -0.4 is 10.1 Å². The fourth-order valence-electron chi connectivity index (χ4n) is 3.67. The predicted molar refractivity (Wildman–Crippen MR) is 112 cm³/mol. The lowest BCUT2D eigenvalue weighted by Crippen LogP contribution is -2.39. The molecular formula is C23H27N3O3. The van der Waals surface area contributed by atoms with Crippen LogP contribution >= 0.6 is 0 Å². The Morgan fingerprint density at radius 2 is 1.86 bits per heavy atom. The number of fused-ring (bicyclic) bond motifs is 1. The summed E-state index contributed by atoms with van der Waals surface area (Å²) in [5.41, 5.74) is 3.14. The van der Waals surface area contributed by atoms with Gasteiger partial charge in [-0.2, -0.15) is 0 Å². The number of aromatic amines is 1. The molecule has 0 saturated heterocycles. The van der Waals surface area contributed by atoms with Gasteiger partial charge in [0, 0.05) is 12.1 Å². The first-order valence-electron chi connectivity index (χ1n) is 10.1. The molecule has 6 nitrogen and oxygen atoms in total. The Labute approximate surface area is 170 Å². The highest BCUT2D eigenvalue weighted by atomic mass is 16.5. The molecule has 1 fully saturated rings. The van der Waals surface area contributed by atoms with Gasteiger partial charge >= 0.3 is 6.09 Å². The number of H-pyrrole nitrogens is 1. The Kier molecular flexibility index (Phi) is 5.43. The second-order valence-electron chi connectivity index (χ2n) is 8.49. The van der Waals surface area contributed by atoms with E-state index in [-0.39, 0.29) is 18.7 Å². The smallest absolute Gasteiger partial charge is 0.407 e. The van der Waals surface area contributed by atoms with Gasteiger partial charge in [0.15, 0.2) is 0 Å². The minimum atomic E-state index is -0.345. The number of aromatic nitrogens is 2. The largest absolute Gasteiger partial charge is 0.457 e. The molecule has 0 bridgehead atoms. The molecule has 1 aliphatic carbocycles.